The molecule has 0 aliphatic rings. The van der Waals surface area contributed by atoms with E-state index >= 15 is 0 Å². The minimum absolute atomic E-state index is 0.200. The van der Waals surface area contributed by atoms with Gasteiger partial charge in [0.05, 0.1) is 23.5 Å². The minimum atomic E-state index is -1.16. The molecular formula is C13H13FN2O2. The predicted octanol–water partition coefficient (Wildman–Crippen LogP) is 0.151. The number of carboxylic acids is 1. The highest BCUT2D eigenvalue weighted by atomic mass is 19.1. The van der Waals surface area contributed by atoms with Crippen LogP contribution >= 0.6 is 0 Å². The zero-order valence-electron chi connectivity index (χ0n) is 10.2. The number of aliphatic carboxylic acids is 1. The van der Waals surface area contributed by atoms with Gasteiger partial charge in [-0.2, -0.15) is 0 Å². The Balaban J connectivity index is 2.66. The van der Waals surface area contributed by atoms with E-state index in [1.807, 2.05) is 19.0 Å². The molecule has 5 heteroatoms. The minimum Gasteiger partial charge on any atom is -0.550 e. The number of pyridine rings is 1. The van der Waals surface area contributed by atoms with Crippen molar-refractivity contribution in [1.29, 1.82) is 0 Å². The molecule has 1 heterocycles. The molecule has 0 aliphatic carbocycles. The number of aromatic nitrogens is 1. The highest BCUT2D eigenvalue weighted by Crippen LogP contribution is 2.24. The van der Waals surface area contributed by atoms with Gasteiger partial charge in [0.1, 0.15) is 5.82 Å². The van der Waals surface area contributed by atoms with Crippen molar-refractivity contribution >= 4 is 22.6 Å². The first-order chi connectivity index (χ1) is 8.47. The summed E-state index contributed by atoms with van der Waals surface area (Å²) in [5.74, 6) is -1.48. The number of hydrogen-bond donors (Lipinski definition) is 0. The molecular weight excluding hydrogens is 235 g/mol. The van der Waals surface area contributed by atoms with Gasteiger partial charge in [-0.3, -0.25) is 0 Å². The van der Waals surface area contributed by atoms with Crippen LogP contribution < -0.4 is 15.0 Å². The number of carbonyl (C=O) groups is 1. The molecule has 0 saturated carbocycles. The number of H-pyrrole nitrogens is 1. The van der Waals surface area contributed by atoms with E-state index in [-0.39, 0.29) is 12.2 Å². The molecule has 0 atom stereocenters. The first kappa shape index (κ1) is 12.3. The topological polar surface area (TPSA) is 57.5 Å². The van der Waals surface area contributed by atoms with Gasteiger partial charge in [-0.25, -0.2) is 9.37 Å². The quantitative estimate of drug-likeness (QED) is 0.777. The summed E-state index contributed by atoms with van der Waals surface area (Å²) < 4.78 is 13.3. The normalized spacial score (nSPS) is 10.6. The Hall–Kier alpha value is -2.17. The lowest BCUT2D eigenvalue weighted by molar-refractivity contribution is -0.361. The molecule has 4 nitrogen and oxygen atoms in total. The Morgan fingerprint density at radius 2 is 2.11 bits per heavy atom. The smallest absolute Gasteiger partial charge is 0.213 e. The largest absolute Gasteiger partial charge is 0.550 e. The lowest BCUT2D eigenvalue weighted by Gasteiger charge is -2.14. The summed E-state index contributed by atoms with van der Waals surface area (Å²) in [6.07, 6.45) is -0.200. The first-order valence-corrected chi connectivity index (χ1v) is 5.49. The molecule has 0 radical (unpaired) electrons. The summed E-state index contributed by atoms with van der Waals surface area (Å²) in [6.45, 7) is 0. The number of anilines is 1. The van der Waals surface area contributed by atoms with E-state index in [0.717, 1.165) is 5.69 Å². The summed E-state index contributed by atoms with van der Waals surface area (Å²) >= 11 is 0. The van der Waals surface area contributed by atoms with Gasteiger partial charge in [-0.15, -0.1) is 0 Å². The molecule has 0 aliphatic heterocycles. The number of nitrogens with zero attached hydrogens (tertiary/aromatic N) is 1. The maximum atomic E-state index is 13.3. The van der Waals surface area contributed by atoms with Crippen molar-refractivity contribution < 1.29 is 19.3 Å². The fraction of sp³-hybridized carbons (Fsp3) is 0.231. The SMILES string of the molecule is CN(C)c1cc(CC(=O)[O-])[nH+]c2ccc(F)cc12. The van der Waals surface area contributed by atoms with Crippen LogP contribution in [0.15, 0.2) is 24.3 Å². The van der Waals surface area contributed by atoms with E-state index in [4.69, 9.17) is 0 Å². The Labute approximate surface area is 104 Å². The van der Waals surface area contributed by atoms with Crippen molar-refractivity contribution in [3.05, 3.63) is 35.8 Å². The van der Waals surface area contributed by atoms with Gasteiger partial charge in [0.2, 0.25) is 5.52 Å². The number of fused-ring (bicyclic) bond motifs is 1. The van der Waals surface area contributed by atoms with Gasteiger partial charge >= 0.3 is 0 Å². The number of hydrogen-bond acceptors (Lipinski definition) is 3. The fourth-order valence-electron chi connectivity index (χ4n) is 1.91. The van der Waals surface area contributed by atoms with Crippen LogP contribution in [-0.4, -0.2) is 20.1 Å². The number of carboxylic acid groups (broad SMARTS) is 1. The van der Waals surface area contributed by atoms with Crippen LogP contribution in [-0.2, 0) is 11.2 Å². The molecule has 1 aromatic carbocycles. The number of benzene rings is 1. The summed E-state index contributed by atoms with van der Waals surface area (Å²) in [5.41, 5.74) is 1.98. The zero-order valence-corrected chi connectivity index (χ0v) is 10.2. The zero-order chi connectivity index (χ0) is 13.3. The van der Waals surface area contributed by atoms with Gasteiger partial charge in [-0.05, 0) is 12.1 Å². The third-order valence-electron chi connectivity index (χ3n) is 2.68. The van der Waals surface area contributed by atoms with Crippen LogP contribution in [0.3, 0.4) is 0 Å². The van der Waals surface area contributed by atoms with Crippen molar-refractivity contribution in [3.8, 4) is 0 Å². The number of halogens is 1. The third-order valence-corrected chi connectivity index (χ3v) is 2.68. The van der Waals surface area contributed by atoms with Crippen LogP contribution in [0, 0.1) is 5.82 Å². The fourth-order valence-corrected chi connectivity index (χ4v) is 1.91. The Morgan fingerprint density at radius 1 is 1.39 bits per heavy atom. The van der Waals surface area contributed by atoms with Crippen LogP contribution in [0.2, 0.25) is 0 Å². The van der Waals surface area contributed by atoms with Crippen molar-refractivity contribution in [2.75, 3.05) is 19.0 Å². The lowest BCUT2D eigenvalue weighted by atomic mass is 10.1. The molecule has 1 aromatic heterocycles. The second-order valence-corrected chi connectivity index (χ2v) is 4.31. The summed E-state index contributed by atoms with van der Waals surface area (Å²) in [5, 5.41) is 11.3. The molecule has 18 heavy (non-hydrogen) atoms. The molecule has 2 aromatic rings. The second-order valence-electron chi connectivity index (χ2n) is 4.31. The van der Waals surface area contributed by atoms with Crippen LogP contribution in [0.25, 0.3) is 10.9 Å². The van der Waals surface area contributed by atoms with Crippen LogP contribution in [0.5, 0.6) is 0 Å². The van der Waals surface area contributed by atoms with Crippen molar-refractivity contribution in [2.24, 2.45) is 0 Å². The van der Waals surface area contributed by atoms with E-state index in [9.17, 15) is 14.3 Å². The maximum absolute atomic E-state index is 13.3. The molecule has 94 valence electrons. The van der Waals surface area contributed by atoms with E-state index in [0.29, 0.717) is 16.6 Å². The van der Waals surface area contributed by atoms with E-state index in [1.165, 1.54) is 12.1 Å². The van der Waals surface area contributed by atoms with E-state index in [2.05, 4.69) is 4.98 Å². The standard InChI is InChI=1S/C13H13FN2O2/c1-16(2)12-6-9(7-13(17)18)15-11-4-3-8(14)5-10(11)12/h3-6H,7H2,1-2H3,(H,17,18). The number of carbonyl (C=O) groups excluding carboxylic acids is 1. The molecule has 1 N–H and O–H groups in total. The van der Waals surface area contributed by atoms with Crippen molar-refractivity contribution in [1.82, 2.24) is 0 Å². The predicted molar refractivity (Wildman–Crippen MR) is 63.5 cm³/mol. The molecule has 0 amide bonds. The monoisotopic (exact) mass is 248 g/mol. The molecule has 2 rings (SSSR count). The summed E-state index contributed by atoms with van der Waals surface area (Å²) in [4.78, 5) is 15.4. The number of nitrogens with one attached hydrogen (secondary N) is 1. The average Bonchev–Trinajstić information content (AvgIpc) is 2.27. The van der Waals surface area contributed by atoms with Gasteiger partial charge in [-0.1, -0.05) is 0 Å². The highest BCUT2D eigenvalue weighted by molar-refractivity contribution is 5.89. The first-order valence-electron chi connectivity index (χ1n) is 5.49. The third kappa shape index (κ3) is 2.40. The van der Waals surface area contributed by atoms with Crippen LogP contribution in [0.1, 0.15) is 5.69 Å². The molecule has 0 fully saturated rings. The van der Waals surface area contributed by atoms with E-state index < -0.39 is 5.97 Å². The van der Waals surface area contributed by atoms with Gasteiger partial charge in [0, 0.05) is 26.2 Å². The molecule has 0 saturated heterocycles. The molecule has 0 spiro atoms. The van der Waals surface area contributed by atoms with Gasteiger partial charge in [0.15, 0.2) is 5.69 Å². The number of rotatable bonds is 3. The molecule has 0 unspecified atom stereocenters. The highest BCUT2D eigenvalue weighted by Gasteiger charge is 2.13. The average molecular weight is 248 g/mol. The van der Waals surface area contributed by atoms with Crippen LogP contribution in [0.4, 0.5) is 10.1 Å². The van der Waals surface area contributed by atoms with Gasteiger partial charge < -0.3 is 14.8 Å². The summed E-state index contributed by atoms with van der Waals surface area (Å²) in [6, 6.07) is 6.04. The summed E-state index contributed by atoms with van der Waals surface area (Å²) in [7, 11) is 3.64. The Morgan fingerprint density at radius 3 is 2.72 bits per heavy atom. The maximum Gasteiger partial charge on any atom is 0.213 e. The van der Waals surface area contributed by atoms with Crippen molar-refractivity contribution in [2.45, 2.75) is 6.42 Å². The van der Waals surface area contributed by atoms with Gasteiger partial charge in [0.25, 0.3) is 0 Å². The van der Waals surface area contributed by atoms with Crippen molar-refractivity contribution in [3.63, 3.8) is 0 Å². The lowest BCUT2D eigenvalue weighted by Crippen LogP contribution is -2.28. The Kier molecular flexibility index (Phi) is 3.14. The molecule has 0 bridgehead atoms. The number of aromatic amines is 1. The second kappa shape index (κ2) is 4.60. The van der Waals surface area contributed by atoms with E-state index in [1.54, 1.807) is 12.1 Å². The Bertz CT molecular complexity index is 611.